The Morgan fingerprint density at radius 2 is 1.86 bits per heavy atom. The molecule has 3 heterocycles. The lowest BCUT2D eigenvalue weighted by Gasteiger charge is -2.37. The summed E-state index contributed by atoms with van der Waals surface area (Å²) < 4.78 is 34.1. The minimum absolute atomic E-state index is 0.260. The molecule has 2 aliphatic heterocycles. The smallest absolute Gasteiger partial charge is 0.228 e. The number of aromatic nitrogens is 2. The molecule has 3 aliphatic rings. The Kier molecular flexibility index (Phi) is 6.94. The summed E-state index contributed by atoms with van der Waals surface area (Å²) >= 11 is 0. The Morgan fingerprint density at radius 1 is 1.07 bits per heavy atom. The molecule has 1 aromatic rings. The van der Waals surface area contributed by atoms with E-state index in [0.717, 1.165) is 70.4 Å². The van der Waals surface area contributed by atoms with Crippen LogP contribution in [0.15, 0.2) is 11.4 Å². The molecule has 164 valence electrons. The minimum Gasteiger partial charge on any atom is -0.383 e. The fourth-order valence-corrected chi connectivity index (χ4v) is 7.26. The first-order valence-electron chi connectivity index (χ1n) is 11.3. The third-order valence-corrected chi connectivity index (χ3v) is 9.16. The first-order valence-corrected chi connectivity index (χ1v) is 12.9. The number of fused-ring (bicyclic) bond motifs is 1. The summed E-state index contributed by atoms with van der Waals surface area (Å²) in [6.07, 6.45) is 10.2. The molecule has 7 nitrogen and oxygen atoms in total. The van der Waals surface area contributed by atoms with E-state index >= 15 is 0 Å². The maximum Gasteiger partial charge on any atom is 0.228 e. The van der Waals surface area contributed by atoms with Crippen LogP contribution >= 0.6 is 0 Å². The van der Waals surface area contributed by atoms with Crippen molar-refractivity contribution in [3.05, 3.63) is 11.9 Å². The molecule has 8 heteroatoms. The second-order valence-electron chi connectivity index (χ2n) is 8.90. The number of sulfone groups is 1. The van der Waals surface area contributed by atoms with Gasteiger partial charge in [0.25, 0.3) is 0 Å². The standard InChI is InChI=1S/C21H36N4O3S/c1-28-14-13-25-19(17-23-11-12-24-10-6-7-18(24)16-23)15-22-21(25)29(26,27)20-8-4-2-3-5-9-20/h15,18,20H,2-14,16-17H2,1H3. The lowest BCUT2D eigenvalue weighted by atomic mass is 10.1. The van der Waals surface area contributed by atoms with Crippen LogP contribution in [0.25, 0.3) is 0 Å². The van der Waals surface area contributed by atoms with E-state index in [1.165, 1.54) is 19.4 Å². The molecule has 0 bridgehead atoms. The first-order chi connectivity index (χ1) is 14.1. The van der Waals surface area contributed by atoms with Crippen molar-refractivity contribution < 1.29 is 13.2 Å². The van der Waals surface area contributed by atoms with Gasteiger partial charge in [0.1, 0.15) is 0 Å². The average molecular weight is 425 g/mol. The molecule has 1 unspecified atom stereocenters. The van der Waals surface area contributed by atoms with E-state index < -0.39 is 9.84 Å². The number of hydrogen-bond donors (Lipinski definition) is 0. The highest BCUT2D eigenvalue weighted by Gasteiger charge is 2.34. The summed E-state index contributed by atoms with van der Waals surface area (Å²) in [5.41, 5.74) is 1.00. The Balaban J connectivity index is 1.54. The van der Waals surface area contributed by atoms with Gasteiger partial charge in [0.15, 0.2) is 0 Å². The first kappa shape index (κ1) is 21.3. The molecule has 0 amide bonds. The summed E-state index contributed by atoms with van der Waals surface area (Å²) in [5.74, 6) is 0. The molecule has 0 radical (unpaired) electrons. The molecule has 1 saturated carbocycles. The van der Waals surface area contributed by atoms with Gasteiger partial charge in [-0.15, -0.1) is 0 Å². The van der Waals surface area contributed by atoms with Crippen molar-refractivity contribution in [3.63, 3.8) is 0 Å². The molecule has 0 spiro atoms. The maximum atomic E-state index is 13.4. The van der Waals surface area contributed by atoms with E-state index in [2.05, 4.69) is 14.8 Å². The van der Waals surface area contributed by atoms with Gasteiger partial charge < -0.3 is 9.30 Å². The molecule has 0 N–H and O–H groups in total. The molecule has 3 fully saturated rings. The second-order valence-corrected chi connectivity index (χ2v) is 11.0. The van der Waals surface area contributed by atoms with Crippen molar-refractivity contribution in [3.8, 4) is 0 Å². The van der Waals surface area contributed by atoms with Gasteiger partial charge in [-0.25, -0.2) is 13.4 Å². The van der Waals surface area contributed by atoms with Gasteiger partial charge in [0.2, 0.25) is 15.0 Å². The van der Waals surface area contributed by atoms with Crippen LogP contribution in [0.5, 0.6) is 0 Å². The number of imidazole rings is 1. The van der Waals surface area contributed by atoms with E-state index in [1.54, 1.807) is 13.3 Å². The normalized spacial score (nSPS) is 25.2. The van der Waals surface area contributed by atoms with Crippen molar-refractivity contribution >= 4 is 9.84 Å². The van der Waals surface area contributed by atoms with Gasteiger partial charge in [-0.1, -0.05) is 25.7 Å². The third kappa shape index (κ3) is 4.70. The fraction of sp³-hybridized carbons (Fsp3) is 0.857. The zero-order valence-electron chi connectivity index (χ0n) is 17.8. The van der Waals surface area contributed by atoms with Gasteiger partial charge in [0.05, 0.1) is 23.7 Å². The van der Waals surface area contributed by atoms with Crippen LogP contribution in [-0.4, -0.2) is 79.0 Å². The highest BCUT2D eigenvalue weighted by Crippen LogP contribution is 2.29. The van der Waals surface area contributed by atoms with E-state index in [0.29, 0.717) is 19.2 Å². The number of methoxy groups -OCH3 is 1. The Bertz CT molecular complexity index is 771. The largest absolute Gasteiger partial charge is 0.383 e. The monoisotopic (exact) mass is 424 g/mol. The van der Waals surface area contributed by atoms with Crippen LogP contribution in [-0.2, 0) is 27.7 Å². The zero-order valence-corrected chi connectivity index (χ0v) is 18.6. The highest BCUT2D eigenvalue weighted by atomic mass is 32.2. The highest BCUT2D eigenvalue weighted by molar-refractivity contribution is 7.91. The van der Waals surface area contributed by atoms with Gasteiger partial charge in [-0.2, -0.15) is 0 Å². The molecule has 1 atom stereocenters. The number of ether oxygens (including phenoxy) is 1. The lowest BCUT2D eigenvalue weighted by molar-refractivity contribution is 0.0967. The van der Waals surface area contributed by atoms with Crippen molar-refractivity contribution in [1.29, 1.82) is 0 Å². The van der Waals surface area contributed by atoms with Crippen LogP contribution < -0.4 is 0 Å². The molecular formula is C21H36N4O3S. The van der Waals surface area contributed by atoms with Gasteiger partial charge in [0, 0.05) is 45.9 Å². The van der Waals surface area contributed by atoms with E-state index in [4.69, 9.17) is 4.74 Å². The van der Waals surface area contributed by atoms with E-state index in [9.17, 15) is 8.42 Å². The summed E-state index contributed by atoms with van der Waals surface area (Å²) in [5, 5.41) is -0.0282. The number of piperazine rings is 1. The van der Waals surface area contributed by atoms with Gasteiger partial charge in [-0.05, 0) is 32.2 Å². The molecule has 29 heavy (non-hydrogen) atoms. The van der Waals surface area contributed by atoms with Crippen LogP contribution in [0.1, 0.15) is 57.1 Å². The molecule has 1 aliphatic carbocycles. The number of nitrogens with zero attached hydrogens (tertiary/aromatic N) is 4. The predicted octanol–water partition coefficient (Wildman–Crippen LogP) is 2.31. The average Bonchev–Trinajstić information content (AvgIpc) is 3.24. The van der Waals surface area contributed by atoms with Crippen LogP contribution in [0.2, 0.25) is 0 Å². The Hall–Kier alpha value is -0.960. The topological polar surface area (TPSA) is 67.7 Å². The molecule has 2 saturated heterocycles. The van der Waals surface area contributed by atoms with Crippen molar-refractivity contribution in [2.75, 3.05) is 39.9 Å². The van der Waals surface area contributed by atoms with Crippen LogP contribution in [0, 0.1) is 0 Å². The summed E-state index contributed by atoms with van der Waals surface area (Å²) in [4.78, 5) is 9.53. The number of hydrogen-bond acceptors (Lipinski definition) is 6. The van der Waals surface area contributed by atoms with Crippen molar-refractivity contribution in [2.45, 2.75) is 80.9 Å². The quantitative estimate of drug-likeness (QED) is 0.626. The summed E-state index contributed by atoms with van der Waals surface area (Å²) in [6, 6.07) is 0.660. The number of rotatable bonds is 7. The van der Waals surface area contributed by atoms with Crippen LogP contribution in [0.3, 0.4) is 0 Å². The lowest BCUT2D eigenvalue weighted by Crippen LogP contribution is -2.49. The molecule has 0 aromatic carbocycles. The third-order valence-electron chi connectivity index (χ3n) is 6.97. The van der Waals surface area contributed by atoms with Crippen molar-refractivity contribution in [2.24, 2.45) is 0 Å². The minimum atomic E-state index is -3.41. The molecule has 1 aromatic heterocycles. The van der Waals surface area contributed by atoms with E-state index in [1.807, 2.05) is 4.57 Å². The SMILES string of the molecule is COCCn1c(CN2CCN3CCCC3C2)cnc1S(=O)(=O)C1CCCCCC1. The molecular weight excluding hydrogens is 388 g/mol. The van der Waals surface area contributed by atoms with E-state index in [-0.39, 0.29) is 10.4 Å². The summed E-state index contributed by atoms with van der Waals surface area (Å²) in [6.45, 7) is 6.25. The van der Waals surface area contributed by atoms with Gasteiger partial charge in [-0.3, -0.25) is 9.80 Å². The zero-order chi connectivity index (χ0) is 20.3. The Labute approximate surface area is 175 Å². The second kappa shape index (κ2) is 9.45. The Morgan fingerprint density at radius 3 is 2.62 bits per heavy atom. The fourth-order valence-electron chi connectivity index (χ4n) is 5.30. The van der Waals surface area contributed by atoms with Crippen molar-refractivity contribution in [1.82, 2.24) is 19.4 Å². The summed E-state index contributed by atoms with van der Waals surface area (Å²) in [7, 11) is -1.75. The molecule has 4 rings (SSSR count). The van der Waals surface area contributed by atoms with Gasteiger partial charge >= 0.3 is 0 Å². The van der Waals surface area contributed by atoms with Crippen LogP contribution in [0.4, 0.5) is 0 Å². The predicted molar refractivity (Wildman–Crippen MR) is 113 cm³/mol. The maximum absolute atomic E-state index is 13.4.